The van der Waals surface area contributed by atoms with Crippen molar-refractivity contribution in [3.8, 4) is 0 Å². The lowest BCUT2D eigenvalue weighted by Crippen LogP contribution is -2.59. The predicted octanol–water partition coefficient (Wildman–Crippen LogP) is -0.0850. The minimum absolute atomic E-state index is 0.0768. The van der Waals surface area contributed by atoms with Crippen LogP contribution < -0.4 is 0 Å². The van der Waals surface area contributed by atoms with Crippen LogP contribution in [0.25, 0.3) is 0 Å². The van der Waals surface area contributed by atoms with Crippen molar-refractivity contribution in [2.24, 2.45) is 0 Å². The maximum absolute atomic E-state index is 9.90. The molecule has 1 heterocycles. The van der Waals surface area contributed by atoms with Gasteiger partial charge < -0.3 is 29.9 Å². The van der Waals surface area contributed by atoms with Crippen LogP contribution in [-0.4, -0.2) is 64.3 Å². The highest BCUT2D eigenvalue weighted by Gasteiger charge is 2.44. The Morgan fingerprint density at radius 1 is 1.09 bits per heavy atom. The van der Waals surface area contributed by atoms with Crippen molar-refractivity contribution in [2.75, 3.05) is 13.2 Å². The van der Waals surface area contributed by atoms with Gasteiger partial charge in [-0.25, -0.2) is 0 Å². The quantitative estimate of drug-likeness (QED) is 0.607. The van der Waals surface area contributed by atoms with E-state index in [9.17, 15) is 15.3 Å². The highest BCUT2D eigenvalue weighted by Crippen LogP contribution is 2.24. The second kappa shape index (κ2) is 7.50. The number of hydrogen-bond acceptors (Lipinski definition) is 6. The van der Waals surface area contributed by atoms with Crippen LogP contribution in [0, 0.1) is 6.92 Å². The molecule has 0 spiro atoms. The average Bonchev–Trinajstić information content (AvgIpc) is 2.52. The second-order valence-corrected chi connectivity index (χ2v) is 5.84. The summed E-state index contributed by atoms with van der Waals surface area (Å²) in [7, 11) is 0. The van der Waals surface area contributed by atoms with E-state index in [2.05, 4.69) is 0 Å². The van der Waals surface area contributed by atoms with Crippen molar-refractivity contribution in [1.82, 2.24) is 0 Å². The molecule has 124 valence electrons. The largest absolute Gasteiger partial charge is 0.394 e. The Kier molecular flexibility index (Phi) is 5.91. The summed E-state index contributed by atoms with van der Waals surface area (Å²) >= 11 is 0. The molecule has 0 radical (unpaired) electrons. The van der Waals surface area contributed by atoms with Crippen molar-refractivity contribution >= 4 is 0 Å². The van der Waals surface area contributed by atoms with Crippen molar-refractivity contribution in [2.45, 2.75) is 50.5 Å². The molecule has 0 aromatic heterocycles. The molecule has 0 bridgehead atoms. The van der Waals surface area contributed by atoms with Crippen molar-refractivity contribution in [3.05, 3.63) is 35.4 Å². The molecule has 22 heavy (non-hydrogen) atoms. The van der Waals surface area contributed by atoms with Crippen LogP contribution in [0.4, 0.5) is 0 Å². The summed E-state index contributed by atoms with van der Waals surface area (Å²) in [5, 5.41) is 38.4. The van der Waals surface area contributed by atoms with Crippen LogP contribution in [0.15, 0.2) is 24.3 Å². The number of rotatable bonds is 5. The SMILES string of the molecule is Cc1ccc(C(C)COC2OC(CO)C(O)C(O)C2O)cc1. The zero-order valence-corrected chi connectivity index (χ0v) is 12.8. The Bertz CT molecular complexity index is 460. The summed E-state index contributed by atoms with van der Waals surface area (Å²) in [4.78, 5) is 0. The maximum Gasteiger partial charge on any atom is 0.186 e. The second-order valence-electron chi connectivity index (χ2n) is 5.84. The van der Waals surface area contributed by atoms with Gasteiger partial charge in [0.1, 0.15) is 24.4 Å². The molecule has 1 aliphatic heterocycles. The molecule has 1 aliphatic rings. The van der Waals surface area contributed by atoms with Crippen LogP contribution in [0.2, 0.25) is 0 Å². The van der Waals surface area contributed by atoms with Gasteiger partial charge in [0.2, 0.25) is 0 Å². The van der Waals surface area contributed by atoms with Gasteiger partial charge in [-0.3, -0.25) is 0 Å². The highest BCUT2D eigenvalue weighted by atomic mass is 16.7. The molecule has 6 nitrogen and oxygen atoms in total. The molecule has 0 amide bonds. The molecule has 1 aromatic rings. The molecule has 1 aromatic carbocycles. The zero-order chi connectivity index (χ0) is 16.3. The Morgan fingerprint density at radius 2 is 1.73 bits per heavy atom. The third kappa shape index (κ3) is 3.84. The first kappa shape index (κ1) is 17.3. The normalized spacial score (nSPS) is 33.6. The summed E-state index contributed by atoms with van der Waals surface area (Å²) in [6, 6.07) is 8.05. The van der Waals surface area contributed by atoms with Gasteiger partial charge in [-0.2, -0.15) is 0 Å². The molecule has 2 rings (SSSR count). The molecule has 6 atom stereocenters. The monoisotopic (exact) mass is 312 g/mol. The van der Waals surface area contributed by atoms with Crippen LogP contribution in [0.5, 0.6) is 0 Å². The Hall–Kier alpha value is -1.02. The fraction of sp³-hybridized carbons (Fsp3) is 0.625. The molecule has 6 heteroatoms. The van der Waals surface area contributed by atoms with Crippen LogP contribution in [0.3, 0.4) is 0 Å². The lowest BCUT2D eigenvalue weighted by atomic mass is 9.99. The predicted molar refractivity (Wildman–Crippen MR) is 79.3 cm³/mol. The summed E-state index contributed by atoms with van der Waals surface area (Å²) in [5.41, 5.74) is 2.26. The van der Waals surface area contributed by atoms with Crippen LogP contribution in [-0.2, 0) is 9.47 Å². The van der Waals surface area contributed by atoms with E-state index in [0.29, 0.717) is 0 Å². The maximum atomic E-state index is 9.90. The van der Waals surface area contributed by atoms with Gasteiger partial charge in [0.15, 0.2) is 6.29 Å². The van der Waals surface area contributed by atoms with Crippen LogP contribution >= 0.6 is 0 Å². The average molecular weight is 312 g/mol. The Morgan fingerprint density at radius 3 is 2.32 bits per heavy atom. The molecular formula is C16H24O6. The van der Waals surface area contributed by atoms with Gasteiger partial charge in [0, 0.05) is 5.92 Å². The zero-order valence-electron chi connectivity index (χ0n) is 12.8. The first-order valence-electron chi connectivity index (χ1n) is 7.42. The molecular weight excluding hydrogens is 288 g/mol. The minimum atomic E-state index is -1.41. The van der Waals surface area contributed by atoms with Gasteiger partial charge >= 0.3 is 0 Å². The summed E-state index contributed by atoms with van der Waals surface area (Å²) in [6.45, 7) is 3.82. The number of benzene rings is 1. The van der Waals surface area contributed by atoms with Crippen LogP contribution in [0.1, 0.15) is 24.0 Å². The van der Waals surface area contributed by atoms with Crippen molar-refractivity contribution in [3.63, 3.8) is 0 Å². The van der Waals surface area contributed by atoms with Gasteiger partial charge in [-0.1, -0.05) is 36.8 Å². The van der Waals surface area contributed by atoms with Gasteiger partial charge in [-0.15, -0.1) is 0 Å². The number of hydrogen-bond donors (Lipinski definition) is 4. The summed E-state index contributed by atoms with van der Waals surface area (Å²) in [6.07, 6.45) is -6.16. The van der Waals surface area contributed by atoms with E-state index in [1.165, 1.54) is 5.56 Å². The first-order valence-corrected chi connectivity index (χ1v) is 7.42. The molecule has 0 aliphatic carbocycles. The number of ether oxygens (including phenoxy) is 2. The number of aryl methyl sites for hydroxylation is 1. The lowest BCUT2D eigenvalue weighted by Gasteiger charge is -2.39. The van der Waals surface area contributed by atoms with Gasteiger partial charge in [-0.05, 0) is 12.5 Å². The van der Waals surface area contributed by atoms with Gasteiger partial charge in [0.05, 0.1) is 13.2 Å². The number of aliphatic hydroxyl groups is 4. The van der Waals surface area contributed by atoms with E-state index in [0.717, 1.165) is 5.56 Å². The standard InChI is InChI=1S/C16H24O6/c1-9-3-5-11(6-4-9)10(2)8-21-16-15(20)14(19)13(18)12(7-17)22-16/h3-6,10,12-20H,7-8H2,1-2H3. The summed E-state index contributed by atoms with van der Waals surface area (Å²) < 4.78 is 10.8. The molecule has 1 fully saturated rings. The third-order valence-corrected chi connectivity index (χ3v) is 4.01. The van der Waals surface area contributed by atoms with E-state index in [4.69, 9.17) is 14.6 Å². The fourth-order valence-electron chi connectivity index (χ4n) is 2.44. The minimum Gasteiger partial charge on any atom is -0.394 e. The highest BCUT2D eigenvalue weighted by molar-refractivity contribution is 5.24. The molecule has 1 saturated heterocycles. The molecule has 0 saturated carbocycles. The first-order chi connectivity index (χ1) is 10.4. The van der Waals surface area contributed by atoms with Gasteiger partial charge in [0.25, 0.3) is 0 Å². The van der Waals surface area contributed by atoms with E-state index in [1.54, 1.807) is 0 Å². The van der Waals surface area contributed by atoms with E-state index in [1.807, 2.05) is 38.1 Å². The smallest absolute Gasteiger partial charge is 0.186 e. The van der Waals surface area contributed by atoms with E-state index < -0.39 is 37.3 Å². The van der Waals surface area contributed by atoms with Crippen molar-refractivity contribution < 1.29 is 29.9 Å². The molecule has 6 unspecified atom stereocenters. The third-order valence-electron chi connectivity index (χ3n) is 4.01. The molecule has 4 N–H and O–H groups in total. The Labute approximate surface area is 129 Å². The number of aliphatic hydroxyl groups excluding tert-OH is 4. The van der Waals surface area contributed by atoms with Crippen molar-refractivity contribution in [1.29, 1.82) is 0 Å². The lowest BCUT2D eigenvalue weighted by molar-refractivity contribution is -0.301. The fourth-order valence-corrected chi connectivity index (χ4v) is 2.44. The topological polar surface area (TPSA) is 99.4 Å². The van der Waals surface area contributed by atoms with E-state index in [-0.39, 0.29) is 12.5 Å². The Balaban J connectivity index is 1.93. The van der Waals surface area contributed by atoms with E-state index >= 15 is 0 Å². The summed E-state index contributed by atoms with van der Waals surface area (Å²) in [5.74, 6) is 0.0768.